The standard InChI is InChI=1S/C13H18BrClS/c1-8-7-10(14)12(16-8)11(15)9-5-4-6-13(9,2)3/h7,9,11H,4-6H2,1-3H3. The molecule has 16 heavy (non-hydrogen) atoms. The molecular formula is C13H18BrClS. The molecule has 1 aliphatic carbocycles. The molecule has 0 saturated heterocycles. The Balaban J connectivity index is 2.25. The fraction of sp³-hybridized carbons (Fsp3) is 0.692. The lowest BCUT2D eigenvalue weighted by Crippen LogP contribution is -2.21. The third kappa shape index (κ3) is 2.34. The Hall–Kier alpha value is 0.470. The molecule has 1 aliphatic rings. The molecule has 90 valence electrons. The minimum atomic E-state index is 0.172. The molecule has 0 spiro atoms. The summed E-state index contributed by atoms with van der Waals surface area (Å²) < 4.78 is 1.19. The van der Waals surface area contributed by atoms with Gasteiger partial charge in [0.15, 0.2) is 0 Å². The molecule has 2 rings (SSSR count). The molecule has 1 aromatic rings. The van der Waals surface area contributed by atoms with E-state index in [2.05, 4.69) is 42.8 Å². The fourth-order valence-corrected chi connectivity index (χ4v) is 5.56. The second-order valence-electron chi connectivity index (χ2n) is 5.46. The van der Waals surface area contributed by atoms with E-state index < -0.39 is 0 Å². The van der Waals surface area contributed by atoms with Crippen molar-refractivity contribution in [2.24, 2.45) is 11.3 Å². The van der Waals surface area contributed by atoms with Crippen LogP contribution in [0.4, 0.5) is 0 Å². The van der Waals surface area contributed by atoms with E-state index in [1.807, 2.05) is 11.3 Å². The molecule has 0 N–H and O–H groups in total. The number of halogens is 2. The topological polar surface area (TPSA) is 0 Å². The molecule has 0 aromatic carbocycles. The fourth-order valence-electron chi connectivity index (χ4n) is 2.77. The van der Waals surface area contributed by atoms with E-state index in [0.29, 0.717) is 11.3 Å². The zero-order valence-corrected chi connectivity index (χ0v) is 13.2. The SMILES string of the molecule is Cc1cc(Br)c(C(Cl)C2CCCC2(C)C)s1. The number of rotatable bonds is 2. The summed E-state index contributed by atoms with van der Waals surface area (Å²) >= 11 is 12.2. The quantitative estimate of drug-likeness (QED) is 0.593. The van der Waals surface area contributed by atoms with Crippen LogP contribution in [0.1, 0.15) is 48.2 Å². The number of alkyl halides is 1. The van der Waals surface area contributed by atoms with E-state index in [-0.39, 0.29) is 5.38 Å². The summed E-state index contributed by atoms with van der Waals surface area (Å²) in [5.41, 5.74) is 0.393. The van der Waals surface area contributed by atoms with Crippen LogP contribution in [0.5, 0.6) is 0 Å². The first kappa shape index (κ1) is 12.9. The van der Waals surface area contributed by atoms with Crippen molar-refractivity contribution in [2.45, 2.75) is 45.4 Å². The van der Waals surface area contributed by atoms with E-state index in [9.17, 15) is 0 Å². The summed E-state index contributed by atoms with van der Waals surface area (Å²) in [5.74, 6) is 0.614. The first-order valence-electron chi connectivity index (χ1n) is 5.82. The largest absolute Gasteiger partial charge is 0.143 e. The van der Waals surface area contributed by atoms with Gasteiger partial charge in [0.2, 0.25) is 0 Å². The van der Waals surface area contributed by atoms with E-state index in [1.54, 1.807) is 0 Å². The first-order chi connectivity index (χ1) is 7.42. The van der Waals surface area contributed by atoms with Crippen LogP contribution >= 0.6 is 38.9 Å². The van der Waals surface area contributed by atoms with Gasteiger partial charge in [-0.25, -0.2) is 0 Å². The summed E-state index contributed by atoms with van der Waals surface area (Å²) in [7, 11) is 0. The molecular weight excluding hydrogens is 304 g/mol. The molecule has 2 atom stereocenters. The van der Waals surface area contributed by atoms with Crippen LogP contribution in [0.2, 0.25) is 0 Å². The monoisotopic (exact) mass is 320 g/mol. The van der Waals surface area contributed by atoms with Gasteiger partial charge in [0.05, 0.1) is 5.38 Å². The van der Waals surface area contributed by atoms with Gasteiger partial charge in [-0.2, -0.15) is 0 Å². The average Bonchev–Trinajstić information content (AvgIpc) is 2.68. The van der Waals surface area contributed by atoms with Gasteiger partial charge >= 0.3 is 0 Å². The van der Waals surface area contributed by atoms with Gasteiger partial charge in [0, 0.05) is 14.2 Å². The van der Waals surface area contributed by atoms with Gasteiger partial charge in [-0.3, -0.25) is 0 Å². The molecule has 1 saturated carbocycles. The van der Waals surface area contributed by atoms with Gasteiger partial charge in [0.1, 0.15) is 0 Å². The Bertz CT molecular complexity index is 383. The van der Waals surface area contributed by atoms with Crippen molar-refractivity contribution in [3.63, 3.8) is 0 Å². The molecule has 2 unspecified atom stereocenters. The molecule has 3 heteroatoms. The highest BCUT2D eigenvalue weighted by Crippen LogP contribution is 2.53. The van der Waals surface area contributed by atoms with Gasteiger partial charge in [-0.05, 0) is 53.1 Å². The first-order valence-corrected chi connectivity index (χ1v) is 7.86. The molecule has 1 heterocycles. The maximum Gasteiger partial charge on any atom is 0.0723 e. The van der Waals surface area contributed by atoms with E-state index >= 15 is 0 Å². The maximum absolute atomic E-state index is 6.70. The summed E-state index contributed by atoms with van der Waals surface area (Å²) in [6.45, 7) is 6.85. The van der Waals surface area contributed by atoms with E-state index in [1.165, 1.54) is 33.5 Å². The van der Waals surface area contributed by atoms with E-state index in [0.717, 1.165) is 0 Å². The Morgan fingerprint density at radius 3 is 2.69 bits per heavy atom. The van der Waals surface area contributed by atoms with Crippen molar-refractivity contribution in [3.8, 4) is 0 Å². The van der Waals surface area contributed by atoms with Gasteiger partial charge in [0.25, 0.3) is 0 Å². The van der Waals surface area contributed by atoms with Crippen LogP contribution in [0.3, 0.4) is 0 Å². The van der Waals surface area contributed by atoms with Crippen molar-refractivity contribution in [1.82, 2.24) is 0 Å². The predicted molar refractivity (Wildman–Crippen MR) is 76.5 cm³/mol. The zero-order valence-electron chi connectivity index (χ0n) is 10.0. The van der Waals surface area contributed by atoms with Crippen molar-refractivity contribution >= 4 is 38.9 Å². The summed E-state index contributed by atoms with van der Waals surface area (Å²) in [4.78, 5) is 2.66. The predicted octanol–water partition coefficient (Wildman–Crippen LogP) is 5.93. The van der Waals surface area contributed by atoms with Crippen molar-refractivity contribution in [1.29, 1.82) is 0 Å². The number of hydrogen-bond donors (Lipinski definition) is 0. The Morgan fingerprint density at radius 1 is 1.56 bits per heavy atom. The number of aryl methyl sites for hydroxylation is 1. The lowest BCUT2D eigenvalue weighted by molar-refractivity contribution is 0.253. The van der Waals surface area contributed by atoms with Crippen LogP contribution in [0.25, 0.3) is 0 Å². The third-order valence-corrected chi connectivity index (χ3v) is 6.48. The van der Waals surface area contributed by atoms with Gasteiger partial charge in [-0.15, -0.1) is 22.9 Å². The minimum absolute atomic E-state index is 0.172. The zero-order chi connectivity index (χ0) is 11.9. The lowest BCUT2D eigenvalue weighted by Gasteiger charge is -2.30. The Kier molecular flexibility index (Phi) is 3.73. The molecule has 0 amide bonds. The summed E-state index contributed by atoms with van der Waals surface area (Å²) in [6, 6.07) is 2.18. The van der Waals surface area contributed by atoms with Crippen LogP contribution in [0, 0.1) is 18.3 Å². The lowest BCUT2D eigenvalue weighted by atomic mass is 9.79. The summed E-state index contributed by atoms with van der Waals surface area (Å²) in [6.07, 6.45) is 3.90. The normalized spacial score (nSPS) is 25.9. The van der Waals surface area contributed by atoms with Crippen LogP contribution in [-0.4, -0.2) is 0 Å². The van der Waals surface area contributed by atoms with Crippen LogP contribution in [0.15, 0.2) is 10.5 Å². The van der Waals surface area contributed by atoms with Gasteiger partial charge in [-0.1, -0.05) is 20.3 Å². The molecule has 0 bridgehead atoms. The number of thiophene rings is 1. The number of hydrogen-bond acceptors (Lipinski definition) is 1. The van der Waals surface area contributed by atoms with Crippen molar-refractivity contribution in [2.75, 3.05) is 0 Å². The molecule has 0 radical (unpaired) electrons. The third-order valence-electron chi connectivity index (χ3n) is 3.78. The van der Waals surface area contributed by atoms with Crippen molar-refractivity contribution < 1.29 is 0 Å². The minimum Gasteiger partial charge on any atom is -0.143 e. The van der Waals surface area contributed by atoms with E-state index in [4.69, 9.17) is 11.6 Å². The molecule has 1 aromatic heterocycles. The highest BCUT2D eigenvalue weighted by atomic mass is 79.9. The van der Waals surface area contributed by atoms with Gasteiger partial charge < -0.3 is 0 Å². The molecule has 0 aliphatic heterocycles. The smallest absolute Gasteiger partial charge is 0.0723 e. The second kappa shape index (κ2) is 4.62. The summed E-state index contributed by atoms with van der Waals surface area (Å²) in [5, 5.41) is 0.172. The average molecular weight is 322 g/mol. The molecule has 1 fully saturated rings. The van der Waals surface area contributed by atoms with Crippen molar-refractivity contribution in [3.05, 3.63) is 20.3 Å². The van der Waals surface area contributed by atoms with Crippen LogP contribution in [-0.2, 0) is 0 Å². The highest BCUT2D eigenvalue weighted by Gasteiger charge is 2.40. The van der Waals surface area contributed by atoms with Crippen LogP contribution < -0.4 is 0 Å². The maximum atomic E-state index is 6.70. The Morgan fingerprint density at radius 2 is 2.25 bits per heavy atom. The Labute approximate surface area is 116 Å². The second-order valence-corrected chi connectivity index (χ2v) is 8.07. The molecule has 0 nitrogen and oxygen atoms in total. The highest BCUT2D eigenvalue weighted by molar-refractivity contribution is 9.10.